The van der Waals surface area contributed by atoms with E-state index in [1.165, 1.54) is 5.56 Å². The van der Waals surface area contributed by atoms with Crippen molar-refractivity contribution in [2.45, 2.75) is 39.7 Å². The Balaban J connectivity index is 2.08. The van der Waals surface area contributed by atoms with E-state index < -0.39 is 0 Å². The SMILES string of the molecule is CCc1ccc([C@H](NC(=O)Cc2ccc(Cl)c(Cl)c2)C(C)C)cc1. The summed E-state index contributed by atoms with van der Waals surface area (Å²) in [7, 11) is 0. The maximum Gasteiger partial charge on any atom is 0.224 e. The highest BCUT2D eigenvalue weighted by Crippen LogP contribution is 2.24. The van der Waals surface area contributed by atoms with Gasteiger partial charge in [0, 0.05) is 0 Å². The standard InChI is InChI=1S/C20H23Cl2NO/c1-4-14-5-8-16(9-6-14)20(13(2)3)23-19(24)12-15-7-10-17(21)18(22)11-15/h5-11,13,20H,4,12H2,1-3H3,(H,23,24)/t20-/m1/s1. The smallest absolute Gasteiger partial charge is 0.224 e. The molecule has 0 saturated carbocycles. The van der Waals surface area contributed by atoms with Crippen molar-refractivity contribution < 1.29 is 4.79 Å². The Morgan fingerprint density at radius 3 is 2.17 bits per heavy atom. The fourth-order valence-electron chi connectivity index (χ4n) is 2.66. The number of carbonyl (C=O) groups excluding carboxylic acids is 1. The van der Waals surface area contributed by atoms with Crippen molar-refractivity contribution in [1.82, 2.24) is 5.32 Å². The second kappa shape index (κ2) is 8.55. The predicted molar refractivity (Wildman–Crippen MR) is 102 cm³/mol. The van der Waals surface area contributed by atoms with Crippen molar-refractivity contribution in [1.29, 1.82) is 0 Å². The first kappa shape index (κ1) is 18.8. The Bertz CT molecular complexity index is 695. The average Bonchev–Trinajstić information content (AvgIpc) is 2.56. The molecule has 0 aromatic heterocycles. The summed E-state index contributed by atoms with van der Waals surface area (Å²) in [6, 6.07) is 13.7. The van der Waals surface area contributed by atoms with E-state index in [9.17, 15) is 4.79 Å². The minimum Gasteiger partial charge on any atom is -0.349 e. The summed E-state index contributed by atoms with van der Waals surface area (Å²) in [5.74, 6) is 0.280. The van der Waals surface area contributed by atoms with E-state index in [1.54, 1.807) is 12.1 Å². The van der Waals surface area contributed by atoms with E-state index in [0.717, 1.165) is 17.5 Å². The molecule has 0 saturated heterocycles. The number of rotatable bonds is 6. The van der Waals surface area contributed by atoms with Crippen LogP contribution in [0.4, 0.5) is 0 Å². The summed E-state index contributed by atoms with van der Waals surface area (Å²) in [5, 5.41) is 4.10. The zero-order valence-electron chi connectivity index (χ0n) is 14.3. The number of halogens is 2. The zero-order valence-corrected chi connectivity index (χ0v) is 15.8. The van der Waals surface area contributed by atoms with Crippen LogP contribution in [0.5, 0.6) is 0 Å². The van der Waals surface area contributed by atoms with Crippen LogP contribution < -0.4 is 5.32 Å². The van der Waals surface area contributed by atoms with Gasteiger partial charge in [0.25, 0.3) is 0 Å². The molecule has 2 aromatic carbocycles. The van der Waals surface area contributed by atoms with Gasteiger partial charge in [0.2, 0.25) is 5.91 Å². The van der Waals surface area contributed by atoms with Crippen molar-refractivity contribution in [2.75, 3.05) is 0 Å². The fraction of sp³-hybridized carbons (Fsp3) is 0.350. The molecule has 128 valence electrons. The summed E-state index contributed by atoms with van der Waals surface area (Å²) < 4.78 is 0. The molecule has 0 aliphatic heterocycles. The molecule has 2 nitrogen and oxygen atoms in total. The van der Waals surface area contributed by atoms with Crippen molar-refractivity contribution >= 4 is 29.1 Å². The van der Waals surface area contributed by atoms with Gasteiger partial charge < -0.3 is 5.32 Å². The van der Waals surface area contributed by atoms with Crippen LogP contribution in [0.1, 0.15) is 43.5 Å². The molecule has 24 heavy (non-hydrogen) atoms. The Kier molecular flexibility index (Phi) is 6.70. The van der Waals surface area contributed by atoms with Crippen LogP contribution in [-0.2, 0) is 17.6 Å². The van der Waals surface area contributed by atoms with Crippen LogP contribution in [-0.4, -0.2) is 5.91 Å². The second-order valence-corrected chi connectivity index (χ2v) is 7.12. The molecule has 1 N–H and O–H groups in total. The quantitative estimate of drug-likeness (QED) is 0.709. The second-order valence-electron chi connectivity index (χ2n) is 6.31. The van der Waals surface area contributed by atoms with Gasteiger partial charge in [0.15, 0.2) is 0 Å². The molecule has 0 fully saturated rings. The molecular weight excluding hydrogens is 341 g/mol. The third-order valence-electron chi connectivity index (χ3n) is 4.08. The minimum atomic E-state index is -0.0216. The normalized spacial score (nSPS) is 12.2. The number of hydrogen-bond acceptors (Lipinski definition) is 1. The van der Waals surface area contributed by atoms with Crippen molar-refractivity contribution in [3.63, 3.8) is 0 Å². The predicted octanol–water partition coefficient (Wildman–Crippen LogP) is 5.61. The van der Waals surface area contributed by atoms with Crippen LogP contribution >= 0.6 is 23.2 Å². The number of carbonyl (C=O) groups is 1. The summed E-state index contributed by atoms with van der Waals surface area (Å²) in [6.07, 6.45) is 1.30. The van der Waals surface area contributed by atoms with E-state index in [4.69, 9.17) is 23.2 Å². The lowest BCUT2D eigenvalue weighted by atomic mass is 9.94. The molecule has 0 aliphatic rings. The highest BCUT2D eigenvalue weighted by Gasteiger charge is 2.18. The maximum absolute atomic E-state index is 12.4. The first-order valence-corrected chi connectivity index (χ1v) is 8.98. The average molecular weight is 364 g/mol. The molecule has 2 aromatic rings. The lowest BCUT2D eigenvalue weighted by Crippen LogP contribution is -2.32. The highest BCUT2D eigenvalue weighted by molar-refractivity contribution is 6.42. The fourth-order valence-corrected chi connectivity index (χ4v) is 2.98. The van der Waals surface area contributed by atoms with Gasteiger partial charge in [-0.15, -0.1) is 0 Å². The van der Waals surface area contributed by atoms with E-state index >= 15 is 0 Å². The van der Waals surface area contributed by atoms with Gasteiger partial charge in [0.05, 0.1) is 22.5 Å². The van der Waals surface area contributed by atoms with Gasteiger partial charge in [-0.3, -0.25) is 4.79 Å². The number of nitrogens with one attached hydrogen (secondary N) is 1. The lowest BCUT2D eigenvalue weighted by Gasteiger charge is -2.23. The van der Waals surface area contributed by atoms with E-state index in [0.29, 0.717) is 16.0 Å². The number of aryl methyl sites for hydroxylation is 1. The molecule has 1 atom stereocenters. The molecule has 0 spiro atoms. The first-order valence-electron chi connectivity index (χ1n) is 8.22. The Morgan fingerprint density at radius 2 is 1.62 bits per heavy atom. The van der Waals surface area contributed by atoms with Crippen LogP contribution in [0, 0.1) is 5.92 Å². The third kappa shape index (κ3) is 4.99. The summed E-state index contributed by atoms with van der Waals surface area (Å²) in [6.45, 7) is 6.35. The third-order valence-corrected chi connectivity index (χ3v) is 4.82. The van der Waals surface area contributed by atoms with Crippen LogP contribution in [0.3, 0.4) is 0 Å². The van der Waals surface area contributed by atoms with E-state index in [2.05, 4.69) is 50.4 Å². The number of benzene rings is 2. The largest absolute Gasteiger partial charge is 0.349 e. The summed E-state index contributed by atoms with van der Waals surface area (Å²) in [4.78, 5) is 12.4. The monoisotopic (exact) mass is 363 g/mol. The molecule has 0 heterocycles. The zero-order chi connectivity index (χ0) is 17.7. The Labute approximate surface area is 154 Å². The molecule has 0 unspecified atom stereocenters. The molecule has 2 rings (SSSR count). The van der Waals surface area contributed by atoms with Gasteiger partial charge >= 0.3 is 0 Å². The molecule has 0 aliphatic carbocycles. The number of hydrogen-bond donors (Lipinski definition) is 1. The Morgan fingerprint density at radius 1 is 1.00 bits per heavy atom. The Hall–Kier alpha value is -1.51. The van der Waals surface area contributed by atoms with Gasteiger partial charge in [-0.05, 0) is 41.2 Å². The van der Waals surface area contributed by atoms with Crippen LogP contribution in [0.2, 0.25) is 10.0 Å². The molecule has 0 bridgehead atoms. The van der Waals surface area contributed by atoms with Gasteiger partial charge in [-0.1, -0.05) is 74.3 Å². The molecular formula is C20H23Cl2NO. The molecule has 1 amide bonds. The maximum atomic E-state index is 12.4. The van der Waals surface area contributed by atoms with Crippen molar-refractivity contribution in [3.8, 4) is 0 Å². The first-order chi connectivity index (χ1) is 11.4. The van der Waals surface area contributed by atoms with Gasteiger partial charge in [-0.2, -0.15) is 0 Å². The highest BCUT2D eigenvalue weighted by atomic mass is 35.5. The summed E-state index contributed by atoms with van der Waals surface area (Å²) in [5.41, 5.74) is 3.28. The van der Waals surface area contributed by atoms with Crippen LogP contribution in [0.25, 0.3) is 0 Å². The topological polar surface area (TPSA) is 29.1 Å². The molecule has 4 heteroatoms. The number of amides is 1. The van der Waals surface area contributed by atoms with Gasteiger partial charge in [-0.25, -0.2) is 0 Å². The lowest BCUT2D eigenvalue weighted by molar-refractivity contribution is -0.121. The minimum absolute atomic E-state index is 0.00817. The van der Waals surface area contributed by atoms with Crippen molar-refractivity contribution in [2.24, 2.45) is 5.92 Å². The van der Waals surface area contributed by atoms with Crippen molar-refractivity contribution in [3.05, 3.63) is 69.2 Å². The molecule has 0 radical (unpaired) electrons. The van der Waals surface area contributed by atoms with Gasteiger partial charge in [0.1, 0.15) is 0 Å². The van der Waals surface area contributed by atoms with E-state index in [-0.39, 0.29) is 18.4 Å². The van der Waals surface area contributed by atoms with E-state index in [1.807, 2.05) is 6.07 Å². The summed E-state index contributed by atoms with van der Waals surface area (Å²) >= 11 is 11.9. The van der Waals surface area contributed by atoms with Crippen LogP contribution in [0.15, 0.2) is 42.5 Å².